The number of anilines is 2. The number of ether oxygens (including phenoxy) is 1. The smallest absolute Gasteiger partial charge is 0.422 e. The molecule has 1 amide bonds. The number of carbonyl (C=O) groups is 1. The quantitative estimate of drug-likeness (QED) is 0.535. The summed E-state index contributed by atoms with van der Waals surface area (Å²) in [6.45, 7) is 3.18. The fourth-order valence-corrected chi connectivity index (χ4v) is 4.83. The molecule has 2 N–H and O–H groups in total. The summed E-state index contributed by atoms with van der Waals surface area (Å²) in [5, 5.41) is 7.20. The first-order valence-electron chi connectivity index (χ1n) is 11.7. The summed E-state index contributed by atoms with van der Waals surface area (Å²) in [5.74, 6) is 0.405. The molecule has 2 atom stereocenters. The lowest BCUT2D eigenvalue weighted by Gasteiger charge is -2.36. The molecular weight excluding hydrogens is 520 g/mol. The van der Waals surface area contributed by atoms with E-state index in [1.807, 2.05) is 9.80 Å². The Bertz CT molecular complexity index is 1080. The molecule has 0 spiro atoms. The summed E-state index contributed by atoms with van der Waals surface area (Å²) in [6.07, 6.45) is -1.46. The number of carbonyl (C=O) groups excluding carboxylic acids is 1. The van der Waals surface area contributed by atoms with Crippen LogP contribution < -0.4 is 20.3 Å². The predicted molar refractivity (Wildman–Crippen MR) is 132 cm³/mol. The van der Waals surface area contributed by atoms with Crippen molar-refractivity contribution in [3.05, 3.63) is 40.0 Å². The van der Waals surface area contributed by atoms with E-state index in [-0.39, 0.29) is 23.5 Å². The highest BCUT2D eigenvalue weighted by molar-refractivity contribution is 6.35. The Morgan fingerprint density at radius 3 is 2.67 bits per heavy atom. The number of piperazine rings is 1. The SMILES string of the molecule is CC(Nc1nc(N2CCN(C(=O)[C@H]3CCCN3)CC2)ncc1OCC(F)(F)F)c1ccc(Cl)cc1Cl. The molecule has 3 heterocycles. The maximum atomic E-state index is 12.8. The van der Waals surface area contributed by atoms with Crippen LogP contribution in [0.5, 0.6) is 5.75 Å². The molecule has 13 heteroatoms. The Morgan fingerprint density at radius 1 is 1.28 bits per heavy atom. The predicted octanol–water partition coefficient (Wildman–Crippen LogP) is 4.30. The summed E-state index contributed by atoms with van der Waals surface area (Å²) >= 11 is 12.3. The third kappa shape index (κ3) is 6.63. The zero-order valence-electron chi connectivity index (χ0n) is 19.6. The van der Waals surface area contributed by atoms with Crippen molar-refractivity contribution in [2.45, 2.75) is 38.0 Å². The first-order valence-corrected chi connectivity index (χ1v) is 12.4. The molecule has 196 valence electrons. The van der Waals surface area contributed by atoms with Crippen molar-refractivity contribution in [2.24, 2.45) is 0 Å². The van der Waals surface area contributed by atoms with E-state index in [0.717, 1.165) is 19.4 Å². The van der Waals surface area contributed by atoms with Crippen molar-refractivity contribution in [3.63, 3.8) is 0 Å². The lowest BCUT2D eigenvalue weighted by Crippen LogP contribution is -2.53. The van der Waals surface area contributed by atoms with Gasteiger partial charge in [-0.15, -0.1) is 0 Å². The van der Waals surface area contributed by atoms with Crippen molar-refractivity contribution in [1.82, 2.24) is 20.2 Å². The van der Waals surface area contributed by atoms with Gasteiger partial charge in [0.2, 0.25) is 11.9 Å². The van der Waals surface area contributed by atoms with Crippen molar-refractivity contribution in [3.8, 4) is 5.75 Å². The fraction of sp³-hybridized carbons (Fsp3) is 0.522. The summed E-state index contributed by atoms with van der Waals surface area (Å²) in [7, 11) is 0. The van der Waals surface area contributed by atoms with E-state index in [1.165, 1.54) is 6.20 Å². The third-order valence-electron chi connectivity index (χ3n) is 6.15. The number of alkyl halides is 3. The number of benzene rings is 1. The van der Waals surface area contributed by atoms with Crippen LogP contribution in [-0.2, 0) is 4.79 Å². The summed E-state index contributed by atoms with van der Waals surface area (Å²) in [4.78, 5) is 25.1. The molecule has 2 aromatic rings. The molecule has 4 rings (SSSR count). The second kappa shape index (κ2) is 11.3. The Morgan fingerprint density at radius 2 is 2.03 bits per heavy atom. The molecule has 1 aromatic heterocycles. The van der Waals surface area contributed by atoms with Crippen molar-refractivity contribution < 1.29 is 22.7 Å². The van der Waals surface area contributed by atoms with Gasteiger partial charge in [-0.2, -0.15) is 18.2 Å². The van der Waals surface area contributed by atoms with Crippen LogP contribution in [-0.4, -0.2) is 72.3 Å². The third-order valence-corrected chi connectivity index (χ3v) is 6.71. The van der Waals surface area contributed by atoms with Crippen molar-refractivity contribution in [2.75, 3.05) is 49.5 Å². The molecule has 1 unspecified atom stereocenters. The molecule has 0 radical (unpaired) electrons. The average molecular weight is 547 g/mol. The van der Waals surface area contributed by atoms with Crippen LogP contribution in [0.15, 0.2) is 24.4 Å². The second-order valence-electron chi connectivity index (χ2n) is 8.78. The van der Waals surface area contributed by atoms with Crippen molar-refractivity contribution in [1.29, 1.82) is 0 Å². The minimum atomic E-state index is -4.52. The number of nitrogens with zero attached hydrogens (tertiary/aromatic N) is 4. The normalized spacial score (nSPS) is 19.3. The van der Waals surface area contributed by atoms with E-state index in [9.17, 15) is 18.0 Å². The number of amides is 1. The second-order valence-corrected chi connectivity index (χ2v) is 9.62. The molecule has 2 aliphatic rings. The van der Waals surface area contributed by atoms with Gasteiger partial charge in [-0.1, -0.05) is 29.3 Å². The Hall–Kier alpha value is -2.50. The minimum absolute atomic E-state index is 0.0972. The van der Waals surface area contributed by atoms with Crippen molar-refractivity contribution >= 4 is 40.9 Å². The highest BCUT2D eigenvalue weighted by Gasteiger charge is 2.31. The van der Waals surface area contributed by atoms with E-state index < -0.39 is 18.8 Å². The van der Waals surface area contributed by atoms with Gasteiger partial charge in [0, 0.05) is 36.2 Å². The van der Waals surface area contributed by atoms with Gasteiger partial charge >= 0.3 is 6.18 Å². The molecule has 0 saturated carbocycles. The van der Waals surface area contributed by atoms with Gasteiger partial charge < -0.3 is 25.2 Å². The van der Waals surface area contributed by atoms with Gasteiger partial charge in [-0.05, 0) is 44.0 Å². The molecule has 2 aliphatic heterocycles. The molecule has 2 fully saturated rings. The largest absolute Gasteiger partial charge is 0.479 e. The van der Waals surface area contributed by atoms with E-state index in [4.69, 9.17) is 27.9 Å². The molecule has 1 aromatic carbocycles. The molecule has 0 aliphatic carbocycles. The number of nitrogens with one attached hydrogen (secondary N) is 2. The lowest BCUT2D eigenvalue weighted by molar-refractivity contribution is -0.153. The average Bonchev–Trinajstić information content (AvgIpc) is 3.37. The molecule has 0 bridgehead atoms. The number of aromatic nitrogens is 2. The molecular formula is C23H27Cl2F3N6O2. The molecule has 36 heavy (non-hydrogen) atoms. The van der Waals surface area contributed by atoms with Crippen LogP contribution >= 0.6 is 23.2 Å². The maximum absolute atomic E-state index is 12.8. The van der Waals surface area contributed by atoms with Gasteiger partial charge in [0.25, 0.3) is 0 Å². The summed E-state index contributed by atoms with van der Waals surface area (Å²) in [5.41, 5.74) is 0.690. The Kier molecular flexibility index (Phi) is 8.31. The first kappa shape index (κ1) is 26.6. The van der Waals surface area contributed by atoms with Crippen LogP contribution in [0.25, 0.3) is 0 Å². The van der Waals surface area contributed by atoms with Gasteiger partial charge in [0.15, 0.2) is 18.2 Å². The Balaban J connectivity index is 1.50. The van der Waals surface area contributed by atoms with E-state index >= 15 is 0 Å². The van der Waals surface area contributed by atoms with Gasteiger partial charge in [-0.25, -0.2) is 4.98 Å². The number of halogens is 5. The van der Waals surface area contributed by atoms with E-state index in [0.29, 0.717) is 47.7 Å². The van der Waals surface area contributed by atoms with E-state index in [1.54, 1.807) is 25.1 Å². The van der Waals surface area contributed by atoms with Gasteiger partial charge in [0.1, 0.15) is 0 Å². The maximum Gasteiger partial charge on any atom is 0.422 e. The van der Waals surface area contributed by atoms with Crippen LogP contribution in [0.2, 0.25) is 10.0 Å². The van der Waals surface area contributed by atoms with Gasteiger partial charge in [-0.3, -0.25) is 4.79 Å². The monoisotopic (exact) mass is 546 g/mol. The lowest BCUT2D eigenvalue weighted by atomic mass is 10.1. The van der Waals surface area contributed by atoms with Crippen LogP contribution in [0.3, 0.4) is 0 Å². The standard InChI is InChI=1S/C23H27Cl2F3N6O2/c1-14(16-5-4-15(24)11-17(16)25)31-20-19(36-13-23(26,27)28)12-30-22(32-20)34-9-7-33(8-10-34)21(35)18-3-2-6-29-18/h4-5,11-12,14,18,29H,2-3,6-10,13H2,1H3,(H,30,31,32)/t14?,18-/m1/s1. The van der Waals surface area contributed by atoms with Crippen LogP contribution in [0, 0.1) is 0 Å². The number of hydrogen-bond acceptors (Lipinski definition) is 7. The van der Waals surface area contributed by atoms with Gasteiger partial charge in [0.05, 0.1) is 18.3 Å². The summed E-state index contributed by atoms with van der Waals surface area (Å²) < 4.78 is 43.4. The summed E-state index contributed by atoms with van der Waals surface area (Å²) in [6, 6.07) is 4.45. The van der Waals surface area contributed by atoms with E-state index in [2.05, 4.69) is 20.6 Å². The number of rotatable bonds is 7. The first-order chi connectivity index (χ1) is 17.1. The molecule has 2 saturated heterocycles. The number of hydrogen-bond donors (Lipinski definition) is 2. The van der Waals surface area contributed by atoms with Crippen LogP contribution in [0.1, 0.15) is 31.4 Å². The zero-order valence-corrected chi connectivity index (χ0v) is 21.1. The van der Waals surface area contributed by atoms with Crippen LogP contribution in [0.4, 0.5) is 24.9 Å². The fourth-order valence-electron chi connectivity index (χ4n) is 4.26. The zero-order chi connectivity index (χ0) is 25.9. The highest BCUT2D eigenvalue weighted by atomic mass is 35.5. The Labute approximate surface area is 217 Å². The topological polar surface area (TPSA) is 82.6 Å². The minimum Gasteiger partial charge on any atom is -0.479 e. The molecule has 8 nitrogen and oxygen atoms in total. The highest BCUT2D eigenvalue weighted by Crippen LogP contribution is 2.32.